The highest BCUT2D eigenvalue weighted by Crippen LogP contribution is 2.27. The zero-order valence-electron chi connectivity index (χ0n) is 8.60. The van der Waals surface area contributed by atoms with Crippen LogP contribution in [0.1, 0.15) is 12.7 Å². The molecule has 0 spiro atoms. The minimum Gasteiger partial charge on any atom is -0.508 e. The van der Waals surface area contributed by atoms with Crippen molar-refractivity contribution in [1.29, 1.82) is 0 Å². The quantitative estimate of drug-likeness (QED) is 0.770. The summed E-state index contributed by atoms with van der Waals surface area (Å²) < 4.78 is 4.97. The van der Waals surface area contributed by atoms with Crippen LogP contribution in [0.25, 0.3) is 16.8 Å². The van der Waals surface area contributed by atoms with Gasteiger partial charge in [0, 0.05) is 11.5 Å². The standard InChI is InChI=1S/C12H10O4/c1-2-3-9-5-7-4-8(13)6-10(14)11(7)12(15)16-9/h2-6,13-14H,1H3. The molecule has 4 heteroatoms. The van der Waals surface area contributed by atoms with E-state index in [9.17, 15) is 15.0 Å². The van der Waals surface area contributed by atoms with E-state index >= 15 is 0 Å². The maximum absolute atomic E-state index is 11.6. The molecule has 2 N–H and O–H groups in total. The molecule has 0 aliphatic rings. The topological polar surface area (TPSA) is 70.7 Å². The Morgan fingerprint density at radius 3 is 2.69 bits per heavy atom. The number of fused-ring (bicyclic) bond motifs is 1. The predicted molar refractivity (Wildman–Crippen MR) is 60.5 cm³/mol. The second-order valence-electron chi connectivity index (χ2n) is 3.37. The van der Waals surface area contributed by atoms with Crippen molar-refractivity contribution < 1.29 is 14.6 Å². The Labute approximate surface area is 91.1 Å². The van der Waals surface area contributed by atoms with Gasteiger partial charge in [-0.1, -0.05) is 6.08 Å². The number of phenolic OH excluding ortho intramolecular Hbond substituents is 2. The van der Waals surface area contributed by atoms with E-state index in [2.05, 4.69) is 0 Å². The Kier molecular flexibility index (Phi) is 2.40. The van der Waals surface area contributed by atoms with Crippen LogP contribution in [-0.4, -0.2) is 10.2 Å². The fourth-order valence-electron chi connectivity index (χ4n) is 1.56. The second-order valence-corrected chi connectivity index (χ2v) is 3.37. The number of aromatic hydroxyl groups is 2. The first-order valence-electron chi connectivity index (χ1n) is 4.74. The lowest BCUT2D eigenvalue weighted by atomic mass is 10.1. The van der Waals surface area contributed by atoms with Gasteiger partial charge in [-0.15, -0.1) is 0 Å². The van der Waals surface area contributed by atoms with Gasteiger partial charge in [-0.25, -0.2) is 4.79 Å². The van der Waals surface area contributed by atoms with Crippen LogP contribution in [0.5, 0.6) is 11.5 Å². The lowest BCUT2D eigenvalue weighted by Gasteiger charge is -2.01. The van der Waals surface area contributed by atoms with E-state index in [1.54, 1.807) is 25.1 Å². The minimum atomic E-state index is -0.622. The summed E-state index contributed by atoms with van der Waals surface area (Å²) in [5.74, 6) is 0.00260. The van der Waals surface area contributed by atoms with E-state index < -0.39 is 5.63 Å². The fraction of sp³-hybridized carbons (Fsp3) is 0.0833. The van der Waals surface area contributed by atoms with Crippen LogP contribution in [-0.2, 0) is 0 Å². The van der Waals surface area contributed by atoms with E-state index in [1.807, 2.05) is 0 Å². The minimum absolute atomic E-state index is 0.0750. The normalized spacial score (nSPS) is 11.3. The van der Waals surface area contributed by atoms with Crippen LogP contribution in [0.2, 0.25) is 0 Å². The molecule has 0 bridgehead atoms. The number of rotatable bonds is 1. The molecule has 82 valence electrons. The molecule has 2 rings (SSSR count). The fourth-order valence-corrected chi connectivity index (χ4v) is 1.56. The number of hydrogen-bond acceptors (Lipinski definition) is 4. The molecule has 1 heterocycles. The van der Waals surface area contributed by atoms with Crippen LogP contribution < -0.4 is 5.63 Å². The monoisotopic (exact) mass is 218 g/mol. The van der Waals surface area contributed by atoms with Gasteiger partial charge < -0.3 is 14.6 Å². The largest absolute Gasteiger partial charge is 0.508 e. The van der Waals surface area contributed by atoms with Crippen molar-refractivity contribution in [2.45, 2.75) is 6.92 Å². The molecule has 0 fully saturated rings. The van der Waals surface area contributed by atoms with Gasteiger partial charge >= 0.3 is 5.63 Å². The lowest BCUT2D eigenvalue weighted by molar-refractivity contribution is 0.451. The Morgan fingerprint density at radius 1 is 1.25 bits per heavy atom. The second kappa shape index (κ2) is 3.73. The van der Waals surface area contributed by atoms with Crippen LogP contribution in [0.4, 0.5) is 0 Å². The first kappa shape index (κ1) is 10.3. The third-order valence-electron chi connectivity index (χ3n) is 2.18. The van der Waals surface area contributed by atoms with E-state index in [0.29, 0.717) is 11.1 Å². The molecule has 1 aromatic carbocycles. The van der Waals surface area contributed by atoms with Crippen molar-refractivity contribution >= 4 is 16.8 Å². The van der Waals surface area contributed by atoms with E-state index in [4.69, 9.17) is 4.42 Å². The molecule has 0 radical (unpaired) electrons. The molecule has 0 amide bonds. The number of phenols is 2. The Hall–Kier alpha value is -2.23. The SMILES string of the molecule is CC=Cc1cc2cc(O)cc(O)c2c(=O)o1. The first-order valence-corrected chi connectivity index (χ1v) is 4.74. The molecule has 16 heavy (non-hydrogen) atoms. The Bertz CT molecular complexity index is 623. The summed E-state index contributed by atoms with van der Waals surface area (Å²) in [7, 11) is 0. The predicted octanol–water partition coefficient (Wildman–Crippen LogP) is 2.24. The molecule has 0 saturated heterocycles. The summed E-state index contributed by atoms with van der Waals surface area (Å²) in [5, 5.41) is 19.3. The van der Waals surface area contributed by atoms with Crippen molar-refractivity contribution in [3.63, 3.8) is 0 Å². The zero-order valence-corrected chi connectivity index (χ0v) is 8.60. The van der Waals surface area contributed by atoms with Crippen molar-refractivity contribution in [2.75, 3.05) is 0 Å². The summed E-state index contributed by atoms with van der Waals surface area (Å²) >= 11 is 0. The summed E-state index contributed by atoms with van der Waals surface area (Å²) in [6.45, 7) is 1.80. The highest BCUT2D eigenvalue weighted by Gasteiger charge is 2.09. The van der Waals surface area contributed by atoms with Gasteiger partial charge in [0.2, 0.25) is 0 Å². The van der Waals surface area contributed by atoms with Gasteiger partial charge in [-0.3, -0.25) is 0 Å². The van der Waals surface area contributed by atoms with Crippen LogP contribution in [0.15, 0.2) is 33.5 Å². The lowest BCUT2D eigenvalue weighted by Crippen LogP contribution is -2.00. The van der Waals surface area contributed by atoms with Gasteiger partial charge in [0.25, 0.3) is 0 Å². The summed E-state index contributed by atoms with van der Waals surface area (Å²) in [6.07, 6.45) is 3.36. The highest BCUT2D eigenvalue weighted by atomic mass is 16.4. The maximum Gasteiger partial charge on any atom is 0.347 e. The molecule has 0 aliphatic carbocycles. The average Bonchev–Trinajstić information content (AvgIpc) is 2.15. The van der Waals surface area contributed by atoms with E-state index in [0.717, 1.165) is 6.07 Å². The molecule has 0 aliphatic heterocycles. The molecule has 4 nitrogen and oxygen atoms in total. The average molecular weight is 218 g/mol. The van der Waals surface area contributed by atoms with E-state index in [1.165, 1.54) is 6.07 Å². The molecule has 2 aromatic rings. The molecular weight excluding hydrogens is 208 g/mol. The molecule has 0 saturated carbocycles. The first-order chi connectivity index (χ1) is 7.61. The maximum atomic E-state index is 11.6. The zero-order chi connectivity index (χ0) is 11.7. The van der Waals surface area contributed by atoms with Crippen molar-refractivity contribution in [2.24, 2.45) is 0 Å². The highest BCUT2D eigenvalue weighted by molar-refractivity contribution is 5.89. The summed E-state index contributed by atoms with van der Waals surface area (Å²) in [5.41, 5.74) is -0.622. The summed E-state index contributed by atoms with van der Waals surface area (Å²) in [6, 6.07) is 4.09. The van der Waals surface area contributed by atoms with Gasteiger partial charge in [0.05, 0.1) is 0 Å². The number of benzene rings is 1. The summed E-state index contributed by atoms with van der Waals surface area (Å²) in [4.78, 5) is 11.6. The van der Waals surface area contributed by atoms with Gasteiger partial charge in [-0.2, -0.15) is 0 Å². The van der Waals surface area contributed by atoms with Crippen LogP contribution >= 0.6 is 0 Å². The number of allylic oxidation sites excluding steroid dienone is 1. The van der Waals surface area contributed by atoms with Crippen molar-refractivity contribution in [1.82, 2.24) is 0 Å². The third-order valence-corrected chi connectivity index (χ3v) is 2.18. The van der Waals surface area contributed by atoms with Crippen LogP contribution in [0, 0.1) is 0 Å². The molecular formula is C12H10O4. The van der Waals surface area contributed by atoms with Gasteiger partial charge in [-0.05, 0) is 25.1 Å². The smallest absolute Gasteiger partial charge is 0.347 e. The van der Waals surface area contributed by atoms with Crippen molar-refractivity contribution in [3.05, 3.63) is 40.5 Å². The molecule has 1 aromatic heterocycles. The molecule has 0 unspecified atom stereocenters. The van der Waals surface area contributed by atoms with Crippen molar-refractivity contribution in [3.8, 4) is 11.5 Å². The van der Waals surface area contributed by atoms with Crippen LogP contribution in [0.3, 0.4) is 0 Å². The number of hydrogen-bond donors (Lipinski definition) is 2. The Balaban J connectivity index is 2.87. The third kappa shape index (κ3) is 1.65. The Morgan fingerprint density at radius 2 is 2.00 bits per heavy atom. The van der Waals surface area contributed by atoms with E-state index in [-0.39, 0.29) is 16.9 Å². The molecule has 0 atom stereocenters. The van der Waals surface area contributed by atoms with Gasteiger partial charge in [0.1, 0.15) is 22.6 Å². The van der Waals surface area contributed by atoms with Gasteiger partial charge in [0.15, 0.2) is 0 Å².